The van der Waals surface area contributed by atoms with Crippen molar-refractivity contribution in [2.45, 2.75) is 0 Å². The van der Waals surface area contributed by atoms with E-state index < -0.39 is 11.2 Å². The zero-order chi connectivity index (χ0) is 9.42. The molecule has 2 rings (SSSR count). The van der Waals surface area contributed by atoms with Crippen molar-refractivity contribution in [1.29, 1.82) is 0 Å². The number of benzene rings is 1. The summed E-state index contributed by atoms with van der Waals surface area (Å²) < 4.78 is 13.6. The van der Waals surface area contributed by atoms with Gasteiger partial charge in [0.15, 0.2) is 10.5 Å². The molecule has 0 fully saturated rings. The minimum Gasteiger partial charge on any atom is -0.499 e. The van der Waals surface area contributed by atoms with Gasteiger partial charge in [-0.05, 0) is 12.1 Å². The van der Waals surface area contributed by atoms with Gasteiger partial charge < -0.3 is 5.11 Å². The normalized spacial score (nSPS) is 10.5. The molecule has 2 nitrogen and oxygen atoms in total. The average molecular weight is 196 g/mol. The standard InChI is InChI=1S/C9H5FO2S/c10-5-2-1-3-7-9(5)6(11)4-8(12)13-7/h1-4,12H. The van der Waals surface area contributed by atoms with Crippen LogP contribution in [0.25, 0.3) is 10.1 Å². The molecule has 0 saturated carbocycles. The second kappa shape index (κ2) is 2.81. The van der Waals surface area contributed by atoms with Crippen LogP contribution in [-0.2, 0) is 0 Å². The van der Waals surface area contributed by atoms with E-state index >= 15 is 0 Å². The van der Waals surface area contributed by atoms with Crippen LogP contribution in [0.4, 0.5) is 4.39 Å². The Hall–Kier alpha value is -1.42. The molecule has 0 saturated heterocycles. The number of hydrogen-bond acceptors (Lipinski definition) is 3. The van der Waals surface area contributed by atoms with Crippen molar-refractivity contribution in [2.24, 2.45) is 0 Å². The van der Waals surface area contributed by atoms with E-state index in [0.717, 1.165) is 17.4 Å². The molecule has 0 atom stereocenters. The Bertz CT molecular complexity index is 518. The lowest BCUT2D eigenvalue weighted by Gasteiger charge is -1.96. The van der Waals surface area contributed by atoms with Crippen LogP contribution < -0.4 is 5.43 Å². The summed E-state index contributed by atoms with van der Waals surface area (Å²) in [6.07, 6.45) is 0. The maximum atomic E-state index is 13.1. The van der Waals surface area contributed by atoms with Gasteiger partial charge in [0.1, 0.15) is 5.82 Å². The van der Waals surface area contributed by atoms with Gasteiger partial charge in [-0.25, -0.2) is 4.39 Å². The third kappa shape index (κ3) is 1.29. The van der Waals surface area contributed by atoms with Crippen LogP contribution in [0.2, 0.25) is 0 Å². The molecule has 1 aromatic heterocycles. The quantitative estimate of drug-likeness (QED) is 0.700. The summed E-state index contributed by atoms with van der Waals surface area (Å²) in [5, 5.41) is 9.05. The van der Waals surface area contributed by atoms with E-state index in [1.807, 2.05) is 0 Å². The number of aromatic hydroxyl groups is 1. The zero-order valence-corrected chi connectivity index (χ0v) is 7.27. The Morgan fingerprint density at radius 2 is 2.15 bits per heavy atom. The molecule has 0 aliphatic heterocycles. The monoisotopic (exact) mass is 196 g/mol. The van der Waals surface area contributed by atoms with E-state index in [-0.39, 0.29) is 10.4 Å². The Labute approximate surface area is 76.9 Å². The zero-order valence-electron chi connectivity index (χ0n) is 6.45. The fraction of sp³-hybridized carbons (Fsp3) is 0. The van der Waals surface area contributed by atoms with Crippen LogP contribution >= 0.6 is 11.3 Å². The van der Waals surface area contributed by atoms with Crippen molar-refractivity contribution < 1.29 is 9.50 Å². The van der Waals surface area contributed by atoms with Crippen molar-refractivity contribution in [2.75, 3.05) is 0 Å². The first-order chi connectivity index (χ1) is 6.18. The highest BCUT2D eigenvalue weighted by atomic mass is 32.1. The number of halogens is 1. The predicted octanol–water partition coefficient (Wildman–Crippen LogP) is 2.11. The Morgan fingerprint density at radius 1 is 1.38 bits per heavy atom. The summed E-state index contributed by atoms with van der Waals surface area (Å²) in [5.74, 6) is -0.543. The molecule has 0 aliphatic rings. The van der Waals surface area contributed by atoms with Gasteiger partial charge in [0.05, 0.1) is 5.39 Å². The fourth-order valence-corrected chi connectivity index (χ4v) is 1.99. The molecule has 0 bridgehead atoms. The van der Waals surface area contributed by atoms with E-state index in [4.69, 9.17) is 5.11 Å². The molecular weight excluding hydrogens is 191 g/mol. The topological polar surface area (TPSA) is 37.3 Å². The van der Waals surface area contributed by atoms with Gasteiger partial charge in [-0.3, -0.25) is 4.79 Å². The molecule has 0 aliphatic carbocycles. The van der Waals surface area contributed by atoms with Crippen molar-refractivity contribution in [1.82, 2.24) is 0 Å². The van der Waals surface area contributed by atoms with E-state index in [2.05, 4.69) is 0 Å². The Kier molecular flexibility index (Phi) is 1.77. The highest BCUT2D eigenvalue weighted by molar-refractivity contribution is 7.19. The van der Waals surface area contributed by atoms with E-state index in [9.17, 15) is 9.18 Å². The third-order valence-electron chi connectivity index (χ3n) is 1.69. The molecule has 1 N–H and O–H groups in total. The Morgan fingerprint density at radius 3 is 2.92 bits per heavy atom. The number of fused-ring (bicyclic) bond motifs is 1. The highest BCUT2D eigenvalue weighted by Gasteiger charge is 2.05. The summed E-state index contributed by atoms with van der Waals surface area (Å²) in [6, 6.07) is 5.36. The minimum atomic E-state index is -0.543. The van der Waals surface area contributed by atoms with Gasteiger partial charge in [-0.2, -0.15) is 0 Å². The summed E-state index contributed by atoms with van der Waals surface area (Å²) in [5.41, 5.74) is -0.482. The fourth-order valence-electron chi connectivity index (χ4n) is 1.15. The first-order valence-electron chi connectivity index (χ1n) is 3.60. The molecule has 4 heteroatoms. The van der Waals surface area contributed by atoms with Crippen LogP contribution in [0.1, 0.15) is 0 Å². The lowest BCUT2D eigenvalue weighted by molar-refractivity contribution is 0.490. The SMILES string of the molecule is O=c1cc(O)sc2cccc(F)c12. The summed E-state index contributed by atoms with van der Waals surface area (Å²) in [7, 11) is 0. The molecule has 0 unspecified atom stereocenters. The molecule has 0 radical (unpaired) electrons. The molecular formula is C9H5FO2S. The van der Waals surface area contributed by atoms with E-state index in [1.165, 1.54) is 12.1 Å². The predicted molar refractivity (Wildman–Crippen MR) is 49.7 cm³/mol. The second-order valence-corrected chi connectivity index (χ2v) is 3.62. The molecule has 66 valence electrons. The van der Waals surface area contributed by atoms with E-state index in [1.54, 1.807) is 6.07 Å². The summed E-state index contributed by atoms with van der Waals surface area (Å²) in [6.45, 7) is 0. The van der Waals surface area contributed by atoms with Crippen LogP contribution in [0.15, 0.2) is 29.1 Å². The molecule has 2 aromatic rings. The number of rotatable bonds is 0. The molecule has 0 spiro atoms. The van der Waals surface area contributed by atoms with Gasteiger partial charge in [0, 0.05) is 10.8 Å². The van der Waals surface area contributed by atoms with Crippen LogP contribution in [0.3, 0.4) is 0 Å². The maximum absolute atomic E-state index is 13.1. The summed E-state index contributed by atoms with van der Waals surface area (Å²) >= 11 is 0.986. The second-order valence-electron chi connectivity index (χ2n) is 2.56. The van der Waals surface area contributed by atoms with Gasteiger partial charge in [0.25, 0.3) is 0 Å². The van der Waals surface area contributed by atoms with Crippen molar-refractivity contribution in [3.63, 3.8) is 0 Å². The van der Waals surface area contributed by atoms with Crippen molar-refractivity contribution in [3.8, 4) is 5.06 Å². The first kappa shape index (κ1) is 8.19. The smallest absolute Gasteiger partial charge is 0.194 e. The largest absolute Gasteiger partial charge is 0.499 e. The van der Waals surface area contributed by atoms with Gasteiger partial charge >= 0.3 is 0 Å². The first-order valence-corrected chi connectivity index (χ1v) is 4.41. The van der Waals surface area contributed by atoms with Gasteiger partial charge in [-0.1, -0.05) is 17.4 Å². The third-order valence-corrected chi connectivity index (χ3v) is 2.58. The maximum Gasteiger partial charge on any atom is 0.194 e. The van der Waals surface area contributed by atoms with Crippen molar-refractivity contribution >= 4 is 21.4 Å². The van der Waals surface area contributed by atoms with Gasteiger partial charge in [0.2, 0.25) is 0 Å². The molecule has 1 aromatic carbocycles. The van der Waals surface area contributed by atoms with E-state index in [0.29, 0.717) is 4.70 Å². The minimum absolute atomic E-state index is 0.0466. The Balaban J connectivity index is 3.03. The summed E-state index contributed by atoms with van der Waals surface area (Å²) in [4.78, 5) is 11.2. The lowest BCUT2D eigenvalue weighted by Crippen LogP contribution is -1.99. The highest BCUT2D eigenvalue weighted by Crippen LogP contribution is 2.24. The van der Waals surface area contributed by atoms with Crippen molar-refractivity contribution in [3.05, 3.63) is 40.3 Å². The average Bonchev–Trinajstić information content (AvgIpc) is 2.02. The molecule has 13 heavy (non-hydrogen) atoms. The number of hydrogen-bond donors (Lipinski definition) is 1. The van der Waals surface area contributed by atoms with Crippen LogP contribution in [0.5, 0.6) is 5.06 Å². The van der Waals surface area contributed by atoms with Gasteiger partial charge in [-0.15, -0.1) is 0 Å². The van der Waals surface area contributed by atoms with Crippen LogP contribution in [-0.4, -0.2) is 5.11 Å². The molecule has 0 amide bonds. The lowest BCUT2D eigenvalue weighted by atomic mass is 10.2. The molecule has 1 heterocycles. The van der Waals surface area contributed by atoms with Crippen LogP contribution in [0, 0.1) is 5.82 Å².